The summed E-state index contributed by atoms with van der Waals surface area (Å²) < 4.78 is 25.0. The summed E-state index contributed by atoms with van der Waals surface area (Å²) >= 11 is 0. The SMILES string of the molecule is CCOC(=O)Cn1c(C)c(/C=N/NC(=O)c2cc3c(ccc4ccccc43)o2)c2ccccc21.CCOC(=O)Cn1c(C)c(C=O)c2ccccc21.NNC(=O)c1cc2c(ccc3ccccc32)o1. The number of rotatable bonds is 11. The number of carbonyl (C=O) groups is 5. The molecule has 0 aliphatic heterocycles. The van der Waals surface area contributed by atoms with Gasteiger partial charge in [0.05, 0.1) is 19.4 Å². The van der Waals surface area contributed by atoms with Crippen LogP contribution in [0.3, 0.4) is 0 Å². The Morgan fingerprint density at radius 1 is 0.580 bits per heavy atom. The van der Waals surface area contributed by atoms with Crippen LogP contribution in [0.25, 0.3) is 65.3 Å². The van der Waals surface area contributed by atoms with Crippen LogP contribution in [0, 0.1) is 13.8 Å². The van der Waals surface area contributed by atoms with E-state index in [1.54, 1.807) is 32.2 Å². The molecule has 0 atom stereocenters. The Morgan fingerprint density at radius 3 is 1.49 bits per heavy atom. The fraction of sp³-hybridized carbons (Fsp3) is 0.148. The molecule has 4 heterocycles. The molecular weight excluding hydrogens is 877 g/mol. The summed E-state index contributed by atoms with van der Waals surface area (Å²) in [5.41, 5.74) is 10.8. The number of furan rings is 2. The van der Waals surface area contributed by atoms with E-state index < -0.39 is 11.8 Å². The summed E-state index contributed by atoms with van der Waals surface area (Å²) in [5, 5.41) is 12.0. The molecule has 0 radical (unpaired) electrons. The number of nitrogens with zero attached hydrogens (tertiary/aromatic N) is 3. The van der Waals surface area contributed by atoms with E-state index in [0.29, 0.717) is 29.9 Å². The third-order valence-corrected chi connectivity index (χ3v) is 11.7. The summed E-state index contributed by atoms with van der Waals surface area (Å²) in [6.07, 6.45) is 2.43. The maximum atomic E-state index is 12.7. The number of aldehydes is 1. The van der Waals surface area contributed by atoms with Crippen molar-refractivity contribution in [3.8, 4) is 0 Å². The number of amides is 2. The van der Waals surface area contributed by atoms with Gasteiger partial charge in [-0.15, -0.1) is 0 Å². The van der Waals surface area contributed by atoms with Crippen LogP contribution in [0.5, 0.6) is 0 Å². The average Bonchev–Trinajstić information content (AvgIpc) is 4.14. The Morgan fingerprint density at radius 2 is 1.01 bits per heavy atom. The van der Waals surface area contributed by atoms with Crippen molar-refractivity contribution in [2.24, 2.45) is 10.9 Å². The van der Waals surface area contributed by atoms with E-state index in [-0.39, 0.29) is 36.5 Å². The molecule has 0 saturated heterocycles. The number of ether oxygens (including phenoxy) is 2. The third kappa shape index (κ3) is 9.71. The number of hydrazone groups is 1. The van der Waals surface area contributed by atoms with Crippen molar-refractivity contribution in [2.45, 2.75) is 40.8 Å². The maximum absolute atomic E-state index is 12.7. The van der Waals surface area contributed by atoms with Crippen molar-refractivity contribution in [3.05, 3.63) is 167 Å². The standard InChI is InChI=1S/C27H23N3O4.C14H15NO3.C13H10N2O2/c1-3-33-26(31)16-30-17(2)22(20-10-6-7-11-23(20)30)15-28-29-27(32)25-14-21-19-9-5-4-8-18(19)12-13-24(21)34-25;1-3-18-14(17)8-15-10(2)12(9-16)11-6-4-5-7-13(11)15;14-15-13(16)12-7-10-9-4-2-1-3-8(9)5-6-11(10)17-12/h4-15H,3,16H2,1-2H3,(H,29,32);4-7,9H,3,8H2,1-2H3;1-7H,14H2,(H,15,16)/b28-15+;;. The summed E-state index contributed by atoms with van der Waals surface area (Å²) in [6, 6.07) is 42.3. The highest BCUT2D eigenvalue weighted by Crippen LogP contribution is 2.30. The zero-order valence-corrected chi connectivity index (χ0v) is 38.3. The number of hydrogen-bond acceptors (Lipinski definition) is 11. The monoisotopic (exact) mass is 924 g/mol. The number of hydrogen-bond donors (Lipinski definition) is 3. The molecule has 348 valence electrons. The Kier molecular flexibility index (Phi) is 14.1. The number of para-hydroxylation sites is 2. The van der Waals surface area contributed by atoms with Crippen molar-refractivity contribution < 1.29 is 42.3 Å². The van der Waals surface area contributed by atoms with Crippen LogP contribution in [0.4, 0.5) is 0 Å². The summed E-state index contributed by atoms with van der Waals surface area (Å²) in [4.78, 5) is 58.9. The van der Waals surface area contributed by atoms with Gasteiger partial charge in [0.25, 0.3) is 0 Å². The van der Waals surface area contributed by atoms with E-state index in [9.17, 15) is 24.0 Å². The van der Waals surface area contributed by atoms with Crippen molar-refractivity contribution in [3.63, 3.8) is 0 Å². The molecule has 15 nitrogen and oxygen atoms in total. The number of benzene rings is 6. The number of nitrogens with one attached hydrogen (secondary N) is 2. The molecule has 0 spiro atoms. The number of hydrazine groups is 1. The van der Waals surface area contributed by atoms with Gasteiger partial charge in [0.1, 0.15) is 24.3 Å². The lowest BCUT2D eigenvalue weighted by Crippen LogP contribution is -2.29. The molecule has 10 aromatic rings. The van der Waals surface area contributed by atoms with Gasteiger partial charge in [0, 0.05) is 55.1 Å². The van der Waals surface area contributed by atoms with Gasteiger partial charge in [-0.2, -0.15) is 5.10 Å². The minimum Gasteiger partial charge on any atom is -0.465 e. The van der Waals surface area contributed by atoms with Crippen molar-refractivity contribution >= 4 is 102 Å². The molecule has 0 aliphatic rings. The number of fused-ring (bicyclic) bond motifs is 8. The quantitative estimate of drug-likeness (QED) is 0.0280. The maximum Gasteiger partial charge on any atom is 0.325 e. The number of nitrogen functional groups attached to an aromatic ring is 1. The molecule has 10 rings (SSSR count). The van der Waals surface area contributed by atoms with E-state index in [1.165, 1.54) is 0 Å². The van der Waals surface area contributed by atoms with Crippen molar-refractivity contribution in [1.29, 1.82) is 0 Å². The normalized spacial score (nSPS) is 11.1. The first-order valence-corrected chi connectivity index (χ1v) is 22.1. The topological polar surface area (TPSA) is 202 Å². The lowest BCUT2D eigenvalue weighted by molar-refractivity contribution is -0.144. The highest BCUT2D eigenvalue weighted by atomic mass is 16.5. The molecule has 6 aromatic carbocycles. The molecular formula is C54H48N6O9. The molecule has 0 unspecified atom stereocenters. The van der Waals surface area contributed by atoms with Crippen LogP contribution in [0.15, 0.2) is 147 Å². The Labute approximate surface area is 395 Å². The molecule has 15 heteroatoms. The Bertz CT molecular complexity index is 3590. The van der Waals surface area contributed by atoms with Gasteiger partial charge < -0.3 is 27.4 Å². The Hall–Kier alpha value is -8.82. The summed E-state index contributed by atoms with van der Waals surface area (Å²) in [5.74, 6) is 4.02. The van der Waals surface area contributed by atoms with Crippen molar-refractivity contribution in [1.82, 2.24) is 20.0 Å². The molecule has 0 fully saturated rings. The predicted octanol–water partition coefficient (Wildman–Crippen LogP) is 9.69. The van der Waals surface area contributed by atoms with Crippen LogP contribution in [-0.2, 0) is 32.2 Å². The largest absolute Gasteiger partial charge is 0.465 e. The van der Waals surface area contributed by atoms with Gasteiger partial charge >= 0.3 is 23.8 Å². The van der Waals surface area contributed by atoms with Crippen LogP contribution >= 0.6 is 0 Å². The van der Waals surface area contributed by atoms with Gasteiger partial charge in [0.15, 0.2) is 17.8 Å². The predicted molar refractivity (Wildman–Crippen MR) is 266 cm³/mol. The number of esters is 2. The lowest BCUT2D eigenvalue weighted by Gasteiger charge is -2.07. The number of carbonyl (C=O) groups excluding carboxylic acids is 5. The van der Waals surface area contributed by atoms with Crippen molar-refractivity contribution in [2.75, 3.05) is 13.2 Å². The first-order chi connectivity index (χ1) is 33.5. The van der Waals surface area contributed by atoms with E-state index in [4.69, 9.17) is 24.2 Å². The van der Waals surface area contributed by atoms with Crippen LogP contribution in [0.1, 0.15) is 62.3 Å². The highest BCUT2D eigenvalue weighted by molar-refractivity contribution is 6.10. The van der Waals surface area contributed by atoms with Crippen LogP contribution < -0.4 is 16.7 Å². The van der Waals surface area contributed by atoms with E-state index in [2.05, 4.69) is 16.0 Å². The molecule has 2 amide bonds. The first-order valence-electron chi connectivity index (χ1n) is 22.1. The van der Waals surface area contributed by atoms with Crippen LogP contribution in [-0.4, -0.2) is 58.6 Å². The van der Waals surface area contributed by atoms with Gasteiger partial charge in [-0.3, -0.25) is 29.4 Å². The minimum atomic E-state index is -0.440. The smallest absolute Gasteiger partial charge is 0.325 e. The molecule has 69 heavy (non-hydrogen) atoms. The van der Waals surface area contributed by atoms with Gasteiger partial charge in [-0.1, -0.05) is 97.1 Å². The fourth-order valence-electron chi connectivity index (χ4n) is 8.40. The lowest BCUT2D eigenvalue weighted by atomic mass is 10.1. The van der Waals surface area contributed by atoms with E-state index in [0.717, 1.165) is 77.4 Å². The zero-order chi connectivity index (χ0) is 48.6. The van der Waals surface area contributed by atoms with Gasteiger partial charge in [-0.05, 0) is 85.6 Å². The average molecular weight is 925 g/mol. The minimum absolute atomic E-state index is 0.104. The number of aromatic nitrogens is 2. The first kappa shape index (κ1) is 46.7. The summed E-state index contributed by atoms with van der Waals surface area (Å²) in [6.45, 7) is 8.23. The van der Waals surface area contributed by atoms with E-state index >= 15 is 0 Å². The molecule has 4 aromatic heterocycles. The fourth-order valence-corrected chi connectivity index (χ4v) is 8.40. The molecule has 4 N–H and O–H groups in total. The molecule has 0 bridgehead atoms. The second-order valence-electron chi connectivity index (χ2n) is 15.7. The zero-order valence-electron chi connectivity index (χ0n) is 38.3. The van der Waals surface area contributed by atoms with E-state index in [1.807, 2.05) is 144 Å². The van der Waals surface area contributed by atoms with Crippen LogP contribution in [0.2, 0.25) is 0 Å². The van der Waals surface area contributed by atoms with Gasteiger partial charge in [-0.25, -0.2) is 11.3 Å². The molecule has 0 aliphatic carbocycles. The summed E-state index contributed by atoms with van der Waals surface area (Å²) in [7, 11) is 0. The highest BCUT2D eigenvalue weighted by Gasteiger charge is 2.18. The van der Waals surface area contributed by atoms with Gasteiger partial charge in [0.2, 0.25) is 0 Å². The molecule has 0 saturated carbocycles. The third-order valence-electron chi connectivity index (χ3n) is 11.7. The second kappa shape index (κ2) is 20.8. The second-order valence-corrected chi connectivity index (χ2v) is 15.7. The number of nitrogens with two attached hydrogens (primary N) is 1. The Balaban J connectivity index is 0.000000154.